The summed E-state index contributed by atoms with van der Waals surface area (Å²) in [6.07, 6.45) is -3.69. The summed E-state index contributed by atoms with van der Waals surface area (Å²) in [5.41, 5.74) is 3.81. The molecule has 4 rings (SSSR count). The van der Waals surface area contributed by atoms with E-state index in [2.05, 4.69) is 15.3 Å². The van der Waals surface area contributed by atoms with Crippen molar-refractivity contribution < 1.29 is 31.8 Å². The first kappa shape index (κ1) is 26.9. The van der Waals surface area contributed by atoms with E-state index in [0.29, 0.717) is 29.3 Å². The highest BCUT2D eigenvalue weighted by Gasteiger charge is 2.38. The quantitative estimate of drug-likeness (QED) is 0.404. The number of nitrogens with two attached hydrogens (primary N) is 1. The second kappa shape index (κ2) is 11.1. The number of halogens is 4. The molecule has 0 unspecified atom stereocenters. The molecule has 1 aliphatic rings. The van der Waals surface area contributed by atoms with E-state index in [-0.39, 0.29) is 23.4 Å². The zero-order valence-electron chi connectivity index (χ0n) is 20.8. The van der Waals surface area contributed by atoms with E-state index < -0.39 is 35.4 Å². The van der Waals surface area contributed by atoms with Gasteiger partial charge in [0, 0.05) is 42.1 Å². The number of hydrogen-bond donors (Lipinski definition) is 2. The summed E-state index contributed by atoms with van der Waals surface area (Å²) in [4.78, 5) is 20.7. The van der Waals surface area contributed by atoms with Gasteiger partial charge < -0.3 is 20.5 Å². The molecular formula is C27H26F4N4O3. The van der Waals surface area contributed by atoms with Gasteiger partial charge in [0.2, 0.25) is 5.91 Å². The van der Waals surface area contributed by atoms with Crippen molar-refractivity contribution in [2.45, 2.75) is 32.0 Å². The van der Waals surface area contributed by atoms with E-state index in [9.17, 15) is 18.0 Å². The number of carbonyl (C=O) groups is 1. The van der Waals surface area contributed by atoms with Crippen molar-refractivity contribution in [3.05, 3.63) is 76.2 Å². The van der Waals surface area contributed by atoms with Gasteiger partial charge in [-0.3, -0.25) is 14.8 Å². The van der Waals surface area contributed by atoms with E-state index in [1.165, 1.54) is 38.5 Å². The molecule has 0 spiro atoms. The molecule has 0 atom stereocenters. The maximum Gasteiger partial charge on any atom is 0.417 e. The third-order valence-corrected chi connectivity index (χ3v) is 6.12. The van der Waals surface area contributed by atoms with Crippen LogP contribution < -0.4 is 20.5 Å². The van der Waals surface area contributed by atoms with E-state index in [0.717, 1.165) is 30.8 Å². The maximum atomic E-state index is 15.0. The zero-order valence-corrected chi connectivity index (χ0v) is 20.8. The molecule has 0 saturated heterocycles. The van der Waals surface area contributed by atoms with Crippen LogP contribution in [0.15, 0.2) is 47.5 Å². The Bertz CT molecular complexity index is 1370. The molecule has 0 radical (unpaired) electrons. The van der Waals surface area contributed by atoms with Crippen molar-refractivity contribution in [2.75, 3.05) is 20.8 Å². The van der Waals surface area contributed by atoms with E-state index in [4.69, 9.17) is 15.2 Å². The molecule has 3 N–H and O–H groups in total. The van der Waals surface area contributed by atoms with Crippen LogP contribution in [-0.2, 0) is 19.1 Å². The predicted octanol–water partition coefficient (Wildman–Crippen LogP) is 4.90. The number of amidine groups is 1. The largest absolute Gasteiger partial charge is 0.497 e. The number of benzene rings is 2. The third-order valence-electron chi connectivity index (χ3n) is 6.12. The number of aromatic nitrogens is 1. The molecule has 11 heteroatoms. The van der Waals surface area contributed by atoms with Crippen LogP contribution in [-0.4, -0.2) is 37.5 Å². The Morgan fingerprint density at radius 1 is 1.08 bits per heavy atom. The number of amides is 1. The summed E-state index contributed by atoms with van der Waals surface area (Å²) >= 11 is 0. The number of methoxy groups -OCH3 is 2. The fourth-order valence-electron chi connectivity index (χ4n) is 4.34. The van der Waals surface area contributed by atoms with E-state index >= 15 is 4.39 Å². The number of hydrogen-bond acceptors (Lipinski definition) is 6. The molecule has 2 heterocycles. The van der Waals surface area contributed by atoms with Gasteiger partial charge in [-0.15, -0.1) is 0 Å². The molecule has 0 bridgehead atoms. The number of primary amides is 1. The smallest absolute Gasteiger partial charge is 0.417 e. The number of aliphatic imine (C=N–C) groups is 1. The van der Waals surface area contributed by atoms with Crippen LogP contribution >= 0.6 is 0 Å². The van der Waals surface area contributed by atoms with Crippen molar-refractivity contribution in [2.24, 2.45) is 10.7 Å². The monoisotopic (exact) mass is 530 g/mol. The summed E-state index contributed by atoms with van der Waals surface area (Å²) in [6.45, 7) is 0.820. The minimum absolute atomic E-state index is 0.0170. The van der Waals surface area contributed by atoms with Gasteiger partial charge in [0.25, 0.3) is 0 Å². The Morgan fingerprint density at radius 2 is 1.79 bits per heavy atom. The number of nitrogens with zero attached hydrogens (tertiary/aromatic N) is 2. The van der Waals surface area contributed by atoms with Crippen molar-refractivity contribution in [1.29, 1.82) is 0 Å². The Hall–Kier alpha value is -4.15. The highest BCUT2D eigenvalue weighted by atomic mass is 19.4. The van der Waals surface area contributed by atoms with Gasteiger partial charge >= 0.3 is 6.18 Å². The third kappa shape index (κ3) is 6.04. The van der Waals surface area contributed by atoms with Crippen LogP contribution in [0.1, 0.15) is 45.6 Å². The number of pyridine rings is 1. The van der Waals surface area contributed by atoms with Crippen molar-refractivity contribution in [3.63, 3.8) is 0 Å². The average molecular weight is 531 g/mol. The normalized spacial score (nSPS) is 13.3. The van der Waals surface area contributed by atoms with Gasteiger partial charge in [-0.2, -0.15) is 13.2 Å². The lowest BCUT2D eigenvalue weighted by Crippen LogP contribution is -2.22. The van der Waals surface area contributed by atoms with Crippen LogP contribution in [0.2, 0.25) is 0 Å². The van der Waals surface area contributed by atoms with Crippen LogP contribution in [0.4, 0.5) is 17.6 Å². The molecule has 1 aliphatic heterocycles. The Balaban J connectivity index is 1.83. The number of rotatable bonds is 8. The number of ether oxygens (including phenoxy) is 2. The second-order valence-corrected chi connectivity index (χ2v) is 8.73. The molecule has 0 aliphatic carbocycles. The first-order valence-electron chi connectivity index (χ1n) is 11.8. The Labute approximate surface area is 216 Å². The minimum Gasteiger partial charge on any atom is -0.497 e. The molecule has 0 saturated carbocycles. The lowest BCUT2D eigenvalue weighted by molar-refractivity contribution is -0.137. The SMILES string of the molecule is COc1cc(Cc2c(F)ccc(-c3cc(C(N)=O)cc(CNC4=NCCC4)n3)c2C(F)(F)F)cc(OC)c1. The number of carbonyl (C=O) groups excluding carboxylic acids is 1. The van der Waals surface area contributed by atoms with Gasteiger partial charge in [0.15, 0.2) is 0 Å². The van der Waals surface area contributed by atoms with Gasteiger partial charge in [0.1, 0.15) is 17.3 Å². The summed E-state index contributed by atoms with van der Waals surface area (Å²) in [7, 11) is 2.81. The van der Waals surface area contributed by atoms with Gasteiger partial charge in [-0.1, -0.05) is 0 Å². The molecule has 7 nitrogen and oxygen atoms in total. The van der Waals surface area contributed by atoms with Crippen LogP contribution in [0.5, 0.6) is 11.5 Å². The summed E-state index contributed by atoms with van der Waals surface area (Å²) in [6, 6.07) is 9.15. The standard InChI is InChI=1S/C27H26F4N4O3/c1-37-18-8-15(9-19(13-18)38-2)10-21-22(28)6-5-20(25(21)27(29,30)31)23-12-16(26(32)36)11-17(35-23)14-34-24-4-3-7-33-24/h5-6,8-9,11-13H,3-4,7,10,14H2,1-2H3,(H2,32,36)(H,33,34). The second-order valence-electron chi connectivity index (χ2n) is 8.73. The summed E-state index contributed by atoms with van der Waals surface area (Å²) in [5, 5.41) is 3.09. The van der Waals surface area contributed by atoms with Crippen molar-refractivity contribution >= 4 is 11.7 Å². The lowest BCUT2D eigenvalue weighted by Gasteiger charge is -2.19. The molecule has 38 heavy (non-hydrogen) atoms. The lowest BCUT2D eigenvalue weighted by atomic mass is 9.92. The molecule has 2 aromatic carbocycles. The van der Waals surface area contributed by atoms with E-state index in [1.807, 2.05) is 0 Å². The highest BCUT2D eigenvalue weighted by Crippen LogP contribution is 2.41. The number of alkyl halides is 3. The predicted molar refractivity (Wildman–Crippen MR) is 134 cm³/mol. The van der Waals surface area contributed by atoms with Crippen LogP contribution in [0.3, 0.4) is 0 Å². The van der Waals surface area contributed by atoms with Crippen LogP contribution in [0.25, 0.3) is 11.3 Å². The Kier molecular flexibility index (Phi) is 7.84. The first-order valence-corrected chi connectivity index (χ1v) is 11.8. The summed E-state index contributed by atoms with van der Waals surface area (Å²) in [5.74, 6) is -0.400. The fraction of sp³-hybridized carbons (Fsp3) is 0.296. The average Bonchev–Trinajstić information content (AvgIpc) is 3.41. The highest BCUT2D eigenvalue weighted by molar-refractivity contribution is 5.94. The summed E-state index contributed by atoms with van der Waals surface area (Å²) < 4.78 is 69.0. The topological polar surface area (TPSA) is 98.8 Å². The molecule has 1 aromatic heterocycles. The maximum absolute atomic E-state index is 15.0. The van der Waals surface area contributed by atoms with Crippen LogP contribution in [0, 0.1) is 5.82 Å². The zero-order chi connectivity index (χ0) is 27.4. The molecule has 0 fully saturated rings. The molecule has 1 amide bonds. The molecule has 3 aromatic rings. The Morgan fingerprint density at radius 3 is 2.37 bits per heavy atom. The van der Waals surface area contributed by atoms with Crippen molar-refractivity contribution in [1.82, 2.24) is 10.3 Å². The fourth-order valence-corrected chi connectivity index (χ4v) is 4.34. The molecular weight excluding hydrogens is 504 g/mol. The van der Waals surface area contributed by atoms with Crippen molar-refractivity contribution in [3.8, 4) is 22.8 Å². The van der Waals surface area contributed by atoms with Gasteiger partial charge in [-0.25, -0.2) is 4.39 Å². The van der Waals surface area contributed by atoms with E-state index in [1.54, 1.807) is 6.07 Å². The van der Waals surface area contributed by atoms with Gasteiger partial charge in [-0.05, 0) is 48.4 Å². The number of nitrogens with one attached hydrogen (secondary N) is 1. The first-order chi connectivity index (χ1) is 18.1. The van der Waals surface area contributed by atoms with Gasteiger partial charge in [0.05, 0.1) is 43.6 Å². The minimum atomic E-state index is -4.93. The molecule has 200 valence electrons.